The van der Waals surface area contributed by atoms with Crippen LogP contribution in [0.1, 0.15) is 102 Å². The third-order valence-corrected chi connectivity index (χ3v) is 9.64. The number of alkyl halides is 1. The highest BCUT2D eigenvalue weighted by Gasteiger charge is 2.69. The van der Waals surface area contributed by atoms with E-state index >= 15 is 0 Å². The zero-order valence-electron chi connectivity index (χ0n) is 21.6. The first kappa shape index (κ1) is 23.6. The van der Waals surface area contributed by atoms with Gasteiger partial charge in [-0.2, -0.15) is 10.2 Å². The number of hydrogen-bond acceptors (Lipinski definition) is 5. The molecule has 6 aliphatic carbocycles. The Kier molecular flexibility index (Phi) is 5.01. The molecule has 0 spiro atoms. The molecule has 0 radical (unpaired) electrons. The summed E-state index contributed by atoms with van der Waals surface area (Å²) in [6, 6.07) is 9.56. The van der Waals surface area contributed by atoms with E-state index in [9.17, 15) is 14.4 Å². The molecule has 0 atom stereocenters. The summed E-state index contributed by atoms with van der Waals surface area (Å²) in [7, 11) is 0. The summed E-state index contributed by atoms with van der Waals surface area (Å²) in [4.78, 5) is 20.4. The Balaban J connectivity index is 1.22. The maximum absolute atomic E-state index is 14.1. The monoisotopic (exact) mass is 490 g/mol. The van der Waals surface area contributed by atoms with Gasteiger partial charge in [-0.1, -0.05) is 32.0 Å². The first-order chi connectivity index (χ1) is 17.0. The van der Waals surface area contributed by atoms with Gasteiger partial charge >= 0.3 is 0 Å². The molecule has 1 amide bonds. The van der Waals surface area contributed by atoms with E-state index in [0.717, 1.165) is 55.9 Å². The van der Waals surface area contributed by atoms with Gasteiger partial charge in [-0.25, -0.2) is 4.39 Å². The Morgan fingerprint density at radius 1 is 1.11 bits per heavy atom. The second kappa shape index (κ2) is 7.63. The van der Waals surface area contributed by atoms with Crippen molar-refractivity contribution in [3.63, 3.8) is 0 Å². The molecule has 0 saturated heterocycles. The number of nitriles is 1. The molecule has 1 aromatic heterocycles. The first-order valence-corrected chi connectivity index (χ1v) is 13.3. The highest BCUT2D eigenvalue weighted by Crippen LogP contribution is 2.71. The molecule has 7 heteroatoms. The number of rotatable bonds is 6. The van der Waals surface area contributed by atoms with E-state index in [1.165, 1.54) is 0 Å². The van der Waals surface area contributed by atoms with Gasteiger partial charge in [0.1, 0.15) is 5.67 Å². The molecule has 4 bridgehead atoms. The van der Waals surface area contributed by atoms with E-state index in [-0.39, 0.29) is 27.6 Å². The zero-order valence-corrected chi connectivity index (χ0v) is 21.6. The fraction of sp³-hybridized carbons (Fsp3) is 0.655. The van der Waals surface area contributed by atoms with E-state index in [1.807, 2.05) is 23.1 Å². The minimum atomic E-state index is -1.01. The number of carbonyl (C=O) groups excluding carboxylic acids is 1. The van der Waals surface area contributed by atoms with Crippen LogP contribution in [0, 0.1) is 22.2 Å². The Morgan fingerprint density at radius 3 is 2.33 bits per heavy atom. The summed E-state index contributed by atoms with van der Waals surface area (Å²) in [6.07, 6.45) is 7.90. The van der Waals surface area contributed by atoms with Gasteiger partial charge in [0, 0.05) is 29.5 Å². The van der Waals surface area contributed by atoms with Crippen LogP contribution in [0.5, 0.6) is 0 Å². The van der Waals surface area contributed by atoms with Crippen molar-refractivity contribution in [3.05, 3.63) is 41.5 Å². The second-order valence-electron chi connectivity index (χ2n) is 13.5. The molecule has 6 nitrogen and oxygen atoms in total. The predicted molar refractivity (Wildman–Crippen MR) is 133 cm³/mol. The number of fused-ring (bicyclic) bond motifs is 3. The quantitative estimate of drug-likeness (QED) is 0.485. The van der Waals surface area contributed by atoms with E-state index in [0.29, 0.717) is 37.8 Å². The Bertz CT molecular complexity index is 1210. The Labute approximate surface area is 212 Å². The van der Waals surface area contributed by atoms with Gasteiger partial charge in [0.2, 0.25) is 11.8 Å². The van der Waals surface area contributed by atoms with Crippen LogP contribution in [0.3, 0.4) is 0 Å². The minimum absolute atomic E-state index is 0.0354. The van der Waals surface area contributed by atoms with Crippen molar-refractivity contribution in [2.45, 2.75) is 101 Å². The average molecular weight is 491 g/mol. The summed E-state index contributed by atoms with van der Waals surface area (Å²) < 4.78 is 19.9. The molecule has 0 N–H and O–H groups in total. The number of amides is 1. The molecule has 0 aliphatic heterocycles. The highest BCUT2D eigenvalue weighted by molar-refractivity contribution is 5.94. The molecule has 2 aromatic rings. The SMILES string of the molecule is CC(C)(C)c1noc(C23CCC(CN(C(=O)CC45CC(F)(C4)C5)c4cccc(C#N)c4)(CC2)CC3)n1. The first-order valence-electron chi connectivity index (χ1n) is 13.3. The van der Waals surface area contributed by atoms with Crippen molar-refractivity contribution in [2.75, 3.05) is 11.4 Å². The third-order valence-electron chi connectivity index (χ3n) is 9.64. The Morgan fingerprint density at radius 2 is 1.78 bits per heavy atom. The average Bonchev–Trinajstić information content (AvgIpc) is 3.34. The lowest BCUT2D eigenvalue weighted by Crippen LogP contribution is -2.65. The summed E-state index contributed by atoms with van der Waals surface area (Å²) >= 11 is 0. The predicted octanol–water partition coefficient (Wildman–Crippen LogP) is 6.15. The number of halogens is 1. The molecular weight excluding hydrogens is 455 g/mol. The van der Waals surface area contributed by atoms with Gasteiger partial charge in [-0.15, -0.1) is 0 Å². The van der Waals surface area contributed by atoms with Gasteiger partial charge in [-0.05, 0) is 86.8 Å². The lowest BCUT2D eigenvalue weighted by Gasteiger charge is -2.66. The van der Waals surface area contributed by atoms with Crippen molar-refractivity contribution in [2.24, 2.45) is 10.8 Å². The van der Waals surface area contributed by atoms with Gasteiger partial charge < -0.3 is 9.42 Å². The van der Waals surface area contributed by atoms with Crippen molar-refractivity contribution in [3.8, 4) is 6.07 Å². The van der Waals surface area contributed by atoms with Crippen LogP contribution >= 0.6 is 0 Å². The second-order valence-corrected chi connectivity index (χ2v) is 13.5. The molecule has 8 rings (SSSR count). The van der Waals surface area contributed by atoms with E-state index in [1.54, 1.807) is 6.07 Å². The molecule has 0 unspecified atom stereocenters. The molecule has 1 aromatic carbocycles. The zero-order chi connectivity index (χ0) is 25.4. The van der Waals surface area contributed by atoms with Crippen molar-refractivity contribution in [1.82, 2.24) is 10.1 Å². The third kappa shape index (κ3) is 3.76. The summed E-state index contributed by atoms with van der Waals surface area (Å²) in [5.74, 6) is 1.60. The number of carbonyl (C=O) groups is 1. The van der Waals surface area contributed by atoms with Gasteiger partial charge in [0.05, 0.1) is 11.6 Å². The molecule has 6 aliphatic rings. The molecule has 1 heterocycles. The van der Waals surface area contributed by atoms with E-state index in [2.05, 4.69) is 32.0 Å². The standard InChI is InChI=1S/C29H35FN4O2/c1-25(2,3)23-32-24(36-33-23)28-10-7-26(8-11-28,9-12-28)19-34(21-6-4-5-20(13-21)15-31)22(35)14-27-16-29(30,17-27)18-27/h4-6,13H,7-12,14,16-19H2,1-3H3. The lowest BCUT2D eigenvalue weighted by molar-refractivity contribution is -0.215. The van der Waals surface area contributed by atoms with Crippen LogP contribution in [-0.4, -0.2) is 28.3 Å². The van der Waals surface area contributed by atoms with Crippen LogP contribution in [0.2, 0.25) is 0 Å². The van der Waals surface area contributed by atoms with Gasteiger partial charge in [0.15, 0.2) is 5.82 Å². The fourth-order valence-corrected chi connectivity index (χ4v) is 7.43. The van der Waals surface area contributed by atoms with Crippen LogP contribution in [0.4, 0.5) is 10.1 Å². The molecule has 190 valence electrons. The number of nitrogens with zero attached hydrogens (tertiary/aromatic N) is 4. The number of aromatic nitrogens is 2. The Hall–Kier alpha value is -2.75. The fourth-order valence-electron chi connectivity index (χ4n) is 7.43. The van der Waals surface area contributed by atoms with Crippen molar-refractivity contribution in [1.29, 1.82) is 5.26 Å². The molecule has 36 heavy (non-hydrogen) atoms. The van der Waals surface area contributed by atoms with Gasteiger partial charge in [-0.3, -0.25) is 4.79 Å². The largest absolute Gasteiger partial charge is 0.339 e. The maximum atomic E-state index is 14.1. The summed E-state index contributed by atoms with van der Waals surface area (Å²) in [6.45, 7) is 6.93. The highest BCUT2D eigenvalue weighted by atomic mass is 19.1. The van der Waals surface area contributed by atoms with Crippen LogP contribution in [0.25, 0.3) is 0 Å². The van der Waals surface area contributed by atoms with Gasteiger partial charge in [0.25, 0.3) is 0 Å². The van der Waals surface area contributed by atoms with Crippen LogP contribution in [-0.2, 0) is 15.6 Å². The van der Waals surface area contributed by atoms with Crippen molar-refractivity contribution < 1.29 is 13.7 Å². The van der Waals surface area contributed by atoms with E-state index < -0.39 is 5.67 Å². The van der Waals surface area contributed by atoms with E-state index in [4.69, 9.17) is 9.51 Å². The normalized spacial score (nSPS) is 34.4. The molecule has 6 fully saturated rings. The number of hydrogen-bond donors (Lipinski definition) is 0. The molecular formula is C29H35FN4O2. The summed E-state index contributed by atoms with van der Waals surface area (Å²) in [5.41, 5.74) is 0.000706. The van der Waals surface area contributed by atoms with Crippen molar-refractivity contribution >= 4 is 11.6 Å². The molecule has 6 saturated carbocycles. The topological polar surface area (TPSA) is 83.0 Å². The summed E-state index contributed by atoms with van der Waals surface area (Å²) in [5, 5.41) is 13.7. The van der Waals surface area contributed by atoms with Crippen LogP contribution < -0.4 is 4.90 Å². The smallest absolute Gasteiger partial charge is 0.232 e. The number of anilines is 1. The number of benzene rings is 1. The lowest BCUT2D eigenvalue weighted by atomic mass is 9.41. The van der Waals surface area contributed by atoms with Crippen LogP contribution in [0.15, 0.2) is 28.8 Å². The maximum Gasteiger partial charge on any atom is 0.232 e. The minimum Gasteiger partial charge on any atom is -0.339 e.